The molecule has 6 nitrogen and oxygen atoms in total. The van der Waals surface area contributed by atoms with Gasteiger partial charge in [0.2, 0.25) is 5.91 Å². The smallest absolute Gasteiger partial charge is 0.317 e. The Labute approximate surface area is 131 Å². The lowest BCUT2D eigenvalue weighted by Crippen LogP contribution is -2.47. The molecule has 1 amide bonds. The molecule has 0 aromatic heterocycles. The van der Waals surface area contributed by atoms with Crippen LogP contribution in [0.2, 0.25) is 0 Å². The molecule has 0 spiro atoms. The zero-order chi connectivity index (χ0) is 16.5. The second kappa shape index (κ2) is 9.04. The number of rotatable bonds is 9. The minimum absolute atomic E-state index is 0.137. The van der Waals surface area contributed by atoms with Crippen LogP contribution in [0.15, 0.2) is 24.3 Å². The molecule has 1 unspecified atom stereocenters. The Kier molecular flexibility index (Phi) is 7.39. The first-order valence-corrected chi connectivity index (χ1v) is 7.34. The summed E-state index contributed by atoms with van der Waals surface area (Å²) in [4.78, 5) is 24.7. The predicted molar refractivity (Wildman–Crippen MR) is 83.8 cm³/mol. The molecule has 0 fully saturated rings. The molecule has 1 atom stereocenters. The van der Waals surface area contributed by atoms with E-state index in [0.717, 1.165) is 17.7 Å². The fourth-order valence-corrected chi connectivity index (χ4v) is 2.16. The van der Waals surface area contributed by atoms with Crippen LogP contribution >= 0.6 is 0 Å². The van der Waals surface area contributed by atoms with Crippen molar-refractivity contribution >= 4 is 11.9 Å². The topological polar surface area (TPSA) is 78.9 Å². The van der Waals surface area contributed by atoms with Crippen molar-refractivity contribution in [2.45, 2.75) is 32.9 Å². The van der Waals surface area contributed by atoms with E-state index < -0.39 is 12.0 Å². The van der Waals surface area contributed by atoms with Crippen molar-refractivity contribution in [1.82, 2.24) is 10.2 Å². The summed E-state index contributed by atoms with van der Waals surface area (Å²) < 4.78 is 5.14. The van der Waals surface area contributed by atoms with Gasteiger partial charge in [-0.15, -0.1) is 0 Å². The molecule has 1 aromatic carbocycles. The number of amides is 1. The van der Waals surface area contributed by atoms with Crippen LogP contribution in [-0.4, -0.2) is 48.1 Å². The van der Waals surface area contributed by atoms with Gasteiger partial charge in [0.15, 0.2) is 0 Å². The molecule has 0 heterocycles. The van der Waals surface area contributed by atoms with E-state index in [0.29, 0.717) is 13.1 Å². The van der Waals surface area contributed by atoms with Gasteiger partial charge in [0.1, 0.15) is 5.75 Å². The van der Waals surface area contributed by atoms with Crippen LogP contribution in [-0.2, 0) is 16.1 Å². The van der Waals surface area contributed by atoms with E-state index in [2.05, 4.69) is 5.32 Å². The minimum atomic E-state index is -0.930. The van der Waals surface area contributed by atoms with Crippen LogP contribution in [0.5, 0.6) is 5.75 Å². The van der Waals surface area contributed by atoms with Gasteiger partial charge in [-0.05, 0) is 37.6 Å². The number of nitrogens with zero attached hydrogens (tertiary/aromatic N) is 1. The van der Waals surface area contributed by atoms with Gasteiger partial charge in [0.25, 0.3) is 0 Å². The van der Waals surface area contributed by atoms with E-state index in [4.69, 9.17) is 9.84 Å². The molecule has 122 valence electrons. The van der Waals surface area contributed by atoms with Gasteiger partial charge in [-0.2, -0.15) is 0 Å². The number of carbonyl (C=O) groups excluding carboxylic acids is 1. The molecular weight excluding hydrogens is 284 g/mol. The number of hydrogen-bond acceptors (Lipinski definition) is 4. The number of aliphatic carboxylic acids is 1. The van der Waals surface area contributed by atoms with E-state index in [9.17, 15) is 9.59 Å². The van der Waals surface area contributed by atoms with Crippen molar-refractivity contribution in [2.75, 3.05) is 20.2 Å². The Morgan fingerprint density at radius 1 is 1.41 bits per heavy atom. The first kappa shape index (κ1) is 18.0. The molecule has 0 bridgehead atoms. The molecule has 1 rings (SSSR count). The van der Waals surface area contributed by atoms with Crippen LogP contribution in [0, 0.1) is 0 Å². The van der Waals surface area contributed by atoms with E-state index >= 15 is 0 Å². The summed E-state index contributed by atoms with van der Waals surface area (Å²) in [6.07, 6.45) is 0.792. The third kappa shape index (κ3) is 5.73. The average Bonchev–Trinajstić information content (AvgIpc) is 2.51. The van der Waals surface area contributed by atoms with Crippen molar-refractivity contribution in [1.29, 1.82) is 0 Å². The van der Waals surface area contributed by atoms with Crippen molar-refractivity contribution in [3.63, 3.8) is 0 Å². The average molecular weight is 308 g/mol. The molecular formula is C16H24N2O4. The fraction of sp³-hybridized carbons (Fsp3) is 0.500. The molecule has 0 saturated carbocycles. The molecule has 1 aromatic rings. The zero-order valence-electron chi connectivity index (χ0n) is 13.3. The Morgan fingerprint density at radius 3 is 2.73 bits per heavy atom. The summed E-state index contributed by atoms with van der Waals surface area (Å²) in [6, 6.07) is 6.96. The number of carbonyl (C=O) groups is 2. The van der Waals surface area contributed by atoms with Gasteiger partial charge in [-0.1, -0.05) is 19.1 Å². The molecule has 22 heavy (non-hydrogen) atoms. The number of benzene rings is 1. The molecule has 0 radical (unpaired) electrons. The van der Waals surface area contributed by atoms with Gasteiger partial charge in [-0.3, -0.25) is 14.5 Å². The van der Waals surface area contributed by atoms with Crippen molar-refractivity contribution in [3.05, 3.63) is 29.8 Å². The van der Waals surface area contributed by atoms with Gasteiger partial charge in [-0.25, -0.2) is 0 Å². The van der Waals surface area contributed by atoms with Gasteiger partial charge >= 0.3 is 5.97 Å². The summed E-state index contributed by atoms with van der Waals surface area (Å²) in [5.41, 5.74) is 0.931. The van der Waals surface area contributed by atoms with Crippen LogP contribution in [0.1, 0.15) is 25.8 Å². The minimum Gasteiger partial charge on any atom is -0.497 e. The van der Waals surface area contributed by atoms with Crippen molar-refractivity contribution in [3.8, 4) is 5.75 Å². The van der Waals surface area contributed by atoms with Crippen LogP contribution in [0.3, 0.4) is 0 Å². The number of methoxy groups -OCH3 is 1. The van der Waals surface area contributed by atoms with Crippen LogP contribution in [0.25, 0.3) is 0 Å². The molecule has 0 aliphatic rings. The number of hydrogen-bond donors (Lipinski definition) is 2. The quantitative estimate of drug-likeness (QED) is 0.723. The summed E-state index contributed by atoms with van der Waals surface area (Å²) in [5.74, 6) is -0.378. The lowest BCUT2D eigenvalue weighted by Gasteiger charge is -2.26. The summed E-state index contributed by atoms with van der Waals surface area (Å²) in [6.45, 7) is 4.49. The maximum absolute atomic E-state index is 12.2. The lowest BCUT2D eigenvalue weighted by molar-refractivity contribution is -0.139. The lowest BCUT2D eigenvalue weighted by atomic mass is 10.2. The highest BCUT2D eigenvalue weighted by Crippen LogP contribution is 2.12. The summed E-state index contributed by atoms with van der Waals surface area (Å²) >= 11 is 0. The molecule has 0 aliphatic carbocycles. The second-order valence-corrected chi connectivity index (χ2v) is 5.11. The van der Waals surface area contributed by atoms with Gasteiger partial charge in [0.05, 0.1) is 19.7 Å². The number of carboxylic acids is 1. The van der Waals surface area contributed by atoms with E-state index in [-0.39, 0.29) is 12.5 Å². The number of nitrogens with one attached hydrogen (secondary N) is 1. The third-order valence-corrected chi connectivity index (χ3v) is 3.38. The van der Waals surface area contributed by atoms with E-state index in [1.165, 1.54) is 0 Å². The Bertz CT molecular complexity index is 505. The van der Waals surface area contributed by atoms with Gasteiger partial charge < -0.3 is 15.2 Å². The third-order valence-electron chi connectivity index (χ3n) is 3.38. The Hall–Kier alpha value is -2.08. The normalized spacial score (nSPS) is 12.0. The Balaban J connectivity index is 2.59. The van der Waals surface area contributed by atoms with Gasteiger partial charge in [0, 0.05) is 6.54 Å². The molecule has 6 heteroatoms. The van der Waals surface area contributed by atoms with Crippen LogP contribution in [0.4, 0.5) is 0 Å². The first-order chi connectivity index (χ1) is 10.5. The monoisotopic (exact) mass is 308 g/mol. The predicted octanol–water partition coefficient (Wildman–Crippen LogP) is 1.50. The Morgan fingerprint density at radius 2 is 2.14 bits per heavy atom. The molecule has 0 saturated heterocycles. The first-order valence-electron chi connectivity index (χ1n) is 7.34. The van der Waals surface area contributed by atoms with Crippen LogP contribution < -0.4 is 10.1 Å². The number of carboxylic acid groups (broad SMARTS) is 1. The van der Waals surface area contributed by atoms with E-state index in [1.54, 1.807) is 18.9 Å². The highest BCUT2D eigenvalue weighted by atomic mass is 16.5. The molecule has 2 N–H and O–H groups in total. The van der Waals surface area contributed by atoms with Crippen molar-refractivity contribution in [2.24, 2.45) is 0 Å². The van der Waals surface area contributed by atoms with Crippen molar-refractivity contribution < 1.29 is 19.4 Å². The fourth-order valence-electron chi connectivity index (χ4n) is 2.16. The summed E-state index contributed by atoms with van der Waals surface area (Å²) in [7, 11) is 1.59. The molecule has 0 aliphatic heterocycles. The highest BCUT2D eigenvalue weighted by molar-refractivity contribution is 5.82. The SMILES string of the molecule is CCCN(CC(=O)O)C(C)C(=O)NCc1cccc(OC)c1. The second-order valence-electron chi connectivity index (χ2n) is 5.11. The standard InChI is InChI=1S/C16H24N2O4/c1-4-8-18(11-15(19)20)12(2)16(21)17-10-13-6-5-7-14(9-13)22-3/h5-7,9,12H,4,8,10-11H2,1-3H3,(H,17,21)(H,19,20). The largest absolute Gasteiger partial charge is 0.497 e. The maximum Gasteiger partial charge on any atom is 0.317 e. The van der Waals surface area contributed by atoms with E-state index in [1.807, 2.05) is 31.2 Å². The summed E-state index contributed by atoms with van der Waals surface area (Å²) in [5, 5.41) is 11.8. The highest BCUT2D eigenvalue weighted by Gasteiger charge is 2.22. The number of ether oxygens (including phenoxy) is 1. The maximum atomic E-state index is 12.2. The zero-order valence-corrected chi connectivity index (χ0v) is 13.3.